The third kappa shape index (κ3) is 3.57. The van der Waals surface area contributed by atoms with Crippen molar-refractivity contribution < 1.29 is 19.0 Å². The smallest absolute Gasteiger partial charge is 0.234 e. The Bertz CT molecular complexity index is 789. The van der Waals surface area contributed by atoms with Gasteiger partial charge in [-0.15, -0.1) is 11.8 Å². The molecule has 1 fully saturated rings. The first-order valence-corrected chi connectivity index (χ1v) is 9.46. The van der Waals surface area contributed by atoms with E-state index in [1.54, 1.807) is 33.1 Å². The van der Waals surface area contributed by atoms with Crippen molar-refractivity contribution in [2.24, 2.45) is 0 Å². The van der Waals surface area contributed by atoms with E-state index in [0.29, 0.717) is 34.6 Å². The highest BCUT2D eigenvalue weighted by Crippen LogP contribution is 2.44. The molecular formula is C19H20ClNO4S. The standard InChI is InChI=1S/C19H20ClNO4S/c1-23-15-8-12(9-16(24-2)18(15)25-3)10-21-17(22)11-26-19(21)13-6-4-5-7-14(13)20/h4-9,19H,10-11H2,1-3H3. The fourth-order valence-corrected chi connectivity index (χ4v) is 4.51. The molecule has 0 spiro atoms. The number of carbonyl (C=O) groups excluding carboxylic acids is 1. The molecule has 0 radical (unpaired) electrons. The van der Waals surface area contributed by atoms with Gasteiger partial charge in [0.2, 0.25) is 11.7 Å². The molecule has 1 amide bonds. The molecule has 1 aliphatic rings. The van der Waals surface area contributed by atoms with E-state index in [2.05, 4.69) is 0 Å². The fraction of sp³-hybridized carbons (Fsp3) is 0.316. The third-order valence-electron chi connectivity index (χ3n) is 4.22. The van der Waals surface area contributed by atoms with Gasteiger partial charge in [-0.2, -0.15) is 0 Å². The van der Waals surface area contributed by atoms with Crippen LogP contribution in [0.4, 0.5) is 0 Å². The van der Waals surface area contributed by atoms with Crippen molar-refractivity contribution in [1.29, 1.82) is 0 Å². The second-order valence-corrected chi connectivity index (χ2v) is 7.22. The summed E-state index contributed by atoms with van der Waals surface area (Å²) in [5.41, 5.74) is 1.84. The summed E-state index contributed by atoms with van der Waals surface area (Å²) in [5.74, 6) is 2.17. The number of hydrogen-bond acceptors (Lipinski definition) is 5. The van der Waals surface area contributed by atoms with Crippen molar-refractivity contribution >= 4 is 29.3 Å². The lowest BCUT2D eigenvalue weighted by molar-refractivity contribution is -0.128. The summed E-state index contributed by atoms with van der Waals surface area (Å²) in [4.78, 5) is 14.3. The first kappa shape index (κ1) is 18.7. The van der Waals surface area contributed by atoms with Crippen LogP contribution in [0.15, 0.2) is 36.4 Å². The van der Waals surface area contributed by atoms with Crippen LogP contribution in [-0.2, 0) is 11.3 Å². The van der Waals surface area contributed by atoms with Gasteiger partial charge in [0, 0.05) is 17.1 Å². The lowest BCUT2D eigenvalue weighted by Gasteiger charge is -2.25. The first-order chi connectivity index (χ1) is 12.6. The Kier molecular flexibility index (Phi) is 5.84. The van der Waals surface area contributed by atoms with E-state index in [9.17, 15) is 4.79 Å². The molecule has 1 heterocycles. The normalized spacial score (nSPS) is 16.7. The summed E-state index contributed by atoms with van der Waals surface area (Å²) >= 11 is 7.92. The van der Waals surface area contributed by atoms with E-state index in [1.165, 1.54) is 0 Å². The van der Waals surface area contributed by atoms with Crippen LogP contribution in [0.3, 0.4) is 0 Å². The van der Waals surface area contributed by atoms with Crippen LogP contribution in [0.5, 0.6) is 17.2 Å². The van der Waals surface area contributed by atoms with Crippen molar-refractivity contribution in [3.8, 4) is 17.2 Å². The summed E-state index contributed by atoms with van der Waals surface area (Å²) in [6.07, 6.45) is 0. The predicted octanol–water partition coefficient (Wildman–Crippen LogP) is 4.14. The van der Waals surface area contributed by atoms with Gasteiger partial charge in [0.05, 0.1) is 27.1 Å². The van der Waals surface area contributed by atoms with Gasteiger partial charge in [0.15, 0.2) is 11.5 Å². The maximum atomic E-state index is 12.5. The van der Waals surface area contributed by atoms with Crippen molar-refractivity contribution in [2.75, 3.05) is 27.1 Å². The zero-order valence-corrected chi connectivity index (χ0v) is 16.4. The number of hydrogen-bond donors (Lipinski definition) is 0. The predicted molar refractivity (Wildman–Crippen MR) is 103 cm³/mol. The number of thioether (sulfide) groups is 1. The van der Waals surface area contributed by atoms with Gasteiger partial charge in [0.1, 0.15) is 5.37 Å². The van der Waals surface area contributed by atoms with Gasteiger partial charge >= 0.3 is 0 Å². The Hall–Kier alpha value is -2.05. The lowest BCUT2D eigenvalue weighted by Crippen LogP contribution is -2.27. The van der Waals surface area contributed by atoms with Gasteiger partial charge in [-0.3, -0.25) is 4.79 Å². The summed E-state index contributed by atoms with van der Waals surface area (Å²) in [6.45, 7) is 0.429. The van der Waals surface area contributed by atoms with Crippen LogP contribution in [0.25, 0.3) is 0 Å². The molecule has 2 aromatic rings. The molecule has 2 aromatic carbocycles. The molecule has 7 heteroatoms. The molecule has 1 aliphatic heterocycles. The number of ether oxygens (including phenoxy) is 3. The number of rotatable bonds is 6. The largest absolute Gasteiger partial charge is 0.493 e. The van der Waals surface area contributed by atoms with E-state index in [-0.39, 0.29) is 11.3 Å². The topological polar surface area (TPSA) is 48.0 Å². The van der Waals surface area contributed by atoms with Gasteiger partial charge < -0.3 is 19.1 Å². The number of amides is 1. The minimum Gasteiger partial charge on any atom is -0.493 e. The minimum atomic E-state index is -0.115. The first-order valence-electron chi connectivity index (χ1n) is 8.03. The lowest BCUT2D eigenvalue weighted by atomic mass is 10.1. The molecule has 3 rings (SSSR count). The van der Waals surface area contributed by atoms with Crippen molar-refractivity contribution in [1.82, 2.24) is 4.90 Å². The van der Waals surface area contributed by atoms with E-state index in [1.807, 2.05) is 41.3 Å². The molecule has 5 nitrogen and oxygen atoms in total. The van der Waals surface area contributed by atoms with Crippen molar-refractivity contribution in [2.45, 2.75) is 11.9 Å². The maximum Gasteiger partial charge on any atom is 0.234 e. The Morgan fingerprint density at radius 2 is 1.77 bits per heavy atom. The summed E-state index contributed by atoms with van der Waals surface area (Å²) in [7, 11) is 4.71. The van der Waals surface area contributed by atoms with Crippen LogP contribution in [0.1, 0.15) is 16.5 Å². The Labute approximate surface area is 162 Å². The Morgan fingerprint density at radius 3 is 2.35 bits per heavy atom. The monoisotopic (exact) mass is 393 g/mol. The Balaban J connectivity index is 1.93. The maximum absolute atomic E-state index is 12.5. The molecule has 1 unspecified atom stereocenters. The summed E-state index contributed by atoms with van der Waals surface area (Å²) < 4.78 is 16.2. The average molecular weight is 394 g/mol. The minimum absolute atomic E-state index is 0.0775. The van der Waals surface area contributed by atoms with Gasteiger partial charge in [0.25, 0.3) is 0 Å². The highest BCUT2D eigenvalue weighted by molar-refractivity contribution is 8.00. The van der Waals surface area contributed by atoms with Gasteiger partial charge in [-0.25, -0.2) is 0 Å². The molecular weight excluding hydrogens is 374 g/mol. The van der Waals surface area contributed by atoms with Crippen LogP contribution >= 0.6 is 23.4 Å². The van der Waals surface area contributed by atoms with Gasteiger partial charge in [-0.1, -0.05) is 29.8 Å². The molecule has 0 aromatic heterocycles. The second kappa shape index (κ2) is 8.10. The van der Waals surface area contributed by atoms with E-state index >= 15 is 0 Å². The van der Waals surface area contributed by atoms with Crippen LogP contribution in [-0.4, -0.2) is 37.9 Å². The highest BCUT2D eigenvalue weighted by Gasteiger charge is 2.34. The Morgan fingerprint density at radius 1 is 1.12 bits per heavy atom. The number of halogens is 1. The van der Waals surface area contributed by atoms with E-state index in [4.69, 9.17) is 25.8 Å². The SMILES string of the molecule is COc1cc(CN2C(=O)CSC2c2ccccc2Cl)cc(OC)c1OC. The fourth-order valence-electron chi connectivity index (χ4n) is 2.98. The molecule has 1 atom stereocenters. The van der Waals surface area contributed by atoms with E-state index in [0.717, 1.165) is 11.1 Å². The van der Waals surface area contributed by atoms with Crippen LogP contribution in [0.2, 0.25) is 5.02 Å². The number of nitrogens with zero attached hydrogens (tertiary/aromatic N) is 1. The van der Waals surface area contributed by atoms with Crippen molar-refractivity contribution in [3.63, 3.8) is 0 Å². The van der Waals surface area contributed by atoms with E-state index < -0.39 is 0 Å². The van der Waals surface area contributed by atoms with Crippen molar-refractivity contribution in [3.05, 3.63) is 52.5 Å². The number of carbonyl (C=O) groups is 1. The molecule has 1 saturated heterocycles. The van der Waals surface area contributed by atoms with Gasteiger partial charge in [-0.05, 0) is 23.8 Å². The summed E-state index contributed by atoms with van der Waals surface area (Å²) in [5, 5.41) is 0.546. The highest BCUT2D eigenvalue weighted by atomic mass is 35.5. The molecule has 0 N–H and O–H groups in total. The third-order valence-corrected chi connectivity index (χ3v) is 5.80. The second-order valence-electron chi connectivity index (χ2n) is 5.74. The van der Waals surface area contributed by atoms with Crippen LogP contribution in [0, 0.1) is 0 Å². The molecule has 138 valence electrons. The zero-order chi connectivity index (χ0) is 18.7. The number of methoxy groups -OCH3 is 3. The average Bonchev–Trinajstić information content (AvgIpc) is 3.01. The molecule has 0 saturated carbocycles. The zero-order valence-electron chi connectivity index (χ0n) is 14.8. The quantitative estimate of drug-likeness (QED) is 0.738. The molecule has 26 heavy (non-hydrogen) atoms. The number of benzene rings is 2. The van der Waals surface area contributed by atoms with Crippen LogP contribution < -0.4 is 14.2 Å². The summed E-state index contributed by atoms with van der Waals surface area (Å²) in [6, 6.07) is 11.3. The molecule has 0 bridgehead atoms. The molecule has 0 aliphatic carbocycles.